The monoisotopic (exact) mass is 418 g/mol. The van der Waals surface area contributed by atoms with Crippen LogP contribution in [0.15, 0.2) is 43.2 Å². The lowest BCUT2D eigenvalue weighted by Crippen LogP contribution is -2.29. The van der Waals surface area contributed by atoms with Crippen molar-refractivity contribution in [3.8, 4) is 0 Å². The van der Waals surface area contributed by atoms with E-state index in [0.717, 1.165) is 38.5 Å². The molecule has 0 N–H and O–H groups in total. The van der Waals surface area contributed by atoms with E-state index in [4.69, 9.17) is 9.47 Å². The lowest BCUT2D eigenvalue weighted by atomic mass is 10.3. The van der Waals surface area contributed by atoms with E-state index in [9.17, 15) is 19.2 Å². The Bertz CT molecular complexity index is 981. The van der Waals surface area contributed by atoms with Crippen LogP contribution in [0.2, 0.25) is 0 Å². The third-order valence-corrected chi connectivity index (χ3v) is 3.49. The van der Waals surface area contributed by atoms with E-state index in [1.165, 1.54) is 18.9 Å². The molecule has 0 saturated carbocycles. The fraction of sp³-hybridized carbons (Fsp3) is 0.278. The molecule has 1 atom stereocenters. The minimum atomic E-state index is -0.956. The smallest absolute Gasteiger partial charge is 0.331 e. The normalized spacial score (nSPS) is 12.1. The molecule has 0 spiro atoms. The molecule has 12 nitrogen and oxygen atoms in total. The van der Waals surface area contributed by atoms with Crippen molar-refractivity contribution in [1.82, 2.24) is 19.5 Å². The zero-order valence-corrected chi connectivity index (χ0v) is 16.1. The van der Waals surface area contributed by atoms with Gasteiger partial charge in [0.2, 0.25) is 0 Å². The number of hydrogen-bond acceptors (Lipinski definition) is 11. The minimum absolute atomic E-state index is 0.0410. The molecule has 0 amide bonds. The Balaban J connectivity index is 2.09. The van der Waals surface area contributed by atoms with E-state index in [0.29, 0.717) is 11.2 Å². The van der Waals surface area contributed by atoms with Gasteiger partial charge < -0.3 is 23.5 Å². The Hall–Kier alpha value is -4.09. The van der Waals surface area contributed by atoms with Gasteiger partial charge in [0.25, 0.3) is 0 Å². The van der Waals surface area contributed by atoms with Gasteiger partial charge in [-0.05, 0) is 0 Å². The van der Waals surface area contributed by atoms with Gasteiger partial charge in [0.05, 0.1) is 33.3 Å². The molecule has 0 aromatic carbocycles. The van der Waals surface area contributed by atoms with Gasteiger partial charge in [-0.25, -0.2) is 34.1 Å². The first-order chi connectivity index (χ1) is 14.4. The van der Waals surface area contributed by atoms with Gasteiger partial charge in [-0.15, -0.1) is 0 Å². The average Bonchev–Trinajstić information content (AvgIpc) is 3.16. The van der Waals surface area contributed by atoms with Gasteiger partial charge in [-0.1, -0.05) is 0 Å². The molecule has 0 fully saturated rings. The molecule has 2 aromatic heterocycles. The maximum absolute atomic E-state index is 12.0. The van der Waals surface area contributed by atoms with Crippen LogP contribution in [-0.2, 0) is 44.7 Å². The SMILES string of the molecule is COC(=O)/C=C/C(=O)OCC(Cn1cnc2cncnc21)OC(=O)/C=C/C(=O)OC. The highest BCUT2D eigenvalue weighted by Crippen LogP contribution is 2.10. The minimum Gasteiger partial charge on any atom is -0.466 e. The molecule has 2 aromatic rings. The van der Waals surface area contributed by atoms with E-state index < -0.39 is 30.0 Å². The fourth-order valence-electron chi connectivity index (χ4n) is 2.13. The zero-order chi connectivity index (χ0) is 21.9. The summed E-state index contributed by atoms with van der Waals surface area (Å²) >= 11 is 0. The van der Waals surface area contributed by atoms with E-state index in [1.807, 2.05) is 0 Å². The first-order valence-electron chi connectivity index (χ1n) is 8.43. The topological polar surface area (TPSA) is 149 Å². The number of carbonyl (C=O) groups is 4. The van der Waals surface area contributed by atoms with Crippen molar-refractivity contribution in [2.45, 2.75) is 12.6 Å². The molecule has 0 bridgehead atoms. The molecule has 2 heterocycles. The summed E-state index contributed by atoms with van der Waals surface area (Å²) in [6, 6.07) is 0. The van der Waals surface area contributed by atoms with Crippen LogP contribution < -0.4 is 0 Å². The van der Waals surface area contributed by atoms with Crippen molar-refractivity contribution in [3.63, 3.8) is 0 Å². The molecule has 1 unspecified atom stereocenters. The van der Waals surface area contributed by atoms with Crippen molar-refractivity contribution >= 4 is 35.0 Å². The highest BCUT2D eigenvalue weighted by atomic mass is 16.6. The van der Waals surface area contributed by atoms with Crippen LogP contribution in [-0.4, -0.2) is 70.3 Å². The number of rotatable bonds is 9. The molecule has 12 heteroatoms. The van der Waals surface area contributed by atoms with Gasteiger partial charge in [-0.3, -0.25) is 0 Å². The quantitative estimate of drug-likeness (QED) is 0.301. The molecule has 30 heavy (non-hydrogen) atoms. The maximum atomic E-state index is 12.0. The number of nitrogens with zero attached hydrogens (tertiary/aromatic N) is 4. The molecule has 0 saturated heterocycles. The summed E-state index contributed by atoms with van der Waals surface area (Å²) in [6.07, 6.45) is 6.89. The number of methoxy groups -OCH3 is 2. The average molecular weight is 418 g/mol. The van der Waals surface area contributed by atoms with Gasteiger partial charge in [0, 0.05) is 24.3 Å². The summed E-state index contributed by atoms with van der Waals surface area (Å²) in [7, 11) is 2.32. The van der Waals surface area contributed by atoms with Crippen molar-refractivity contribution in [2.75, 3.05) is 20.8 Å². The Morgan fingerprint density at radius 1 is 0.967 bits per heavy atom. The summed E-state index contributed by atoms with van der Waals surface area (Å²) in [4.78, 5) is 58.0. The number of hydrogen-bond donors (Lipinski definition) is 0. The Morgan fingerprint density at radius 3 is 2.27 bits per heavy atom. The van der Waals surface area contributed by atoms with Crippen molar-refractivity contribution < 1.29 is 38.1 Å². The molecule has 0 aliphatic heterocycles. The van der Waals surface area contributed by atoms with E-state index >= 15 is 0 Å². The van der Waals surface area contributed by atoms with E-state index in [-0.39, 0.29) is 13.2 Å². The highest BCUT2D eigenvalue weighted by molar-refractivity contribution is 5.92. The van der Waals surface area contributed by atoms with Crippen molar-refractivity contribution in [3.05, 3.63) is 43.2 Å². The molecule has 158 valence electrons. The number of imidazole rings is 1. The van der Waals surface area contributed by atoms with Crippen LogP contribution in [0.1, 0.15) is 0 Å². The second kappa shape index (κ2) is 11.0. The lowest BCUT2D eigenvalue weighted by Gasteiger charge is -2.17. The van der Waals surface area contributed by atoms with Crippen molar-refractivity contribution in [1.29, 1.82) is 0 Å². The number of esters is 4. The van der Waals surface area contributed by atoms with Gasteiger partial charge in [0.15, 0.2) is 11.8 Å². The van der Waals surface area contributed by atoms with Gasteiger partial charge in [-0.2, -0.15) is 0 Å². The first-order valence-corrected chi connectivity index (χ1v) is 8.43. The summed E-state index contributed by atoms with van der Waals surface area (Å²) in [6.45, 7) is -0.299. The number of fused-ring (bicyclic) bond motifs is 1. The summed E-state index contributed by atoms with van der Waals surface area (Å²) < 4.78 is 20.6. The molecular formula is C18H18N4O8. The first kappa shape index (κ1) is 22.2. The molecular weight excluding hydrogens is 400 g/mol. The lowest BCUT2D eigenvalue weighted by molar-refractivity contribution is -0.153. The van der Waals surface area contributed by atoms with Crippen LogP contribution in [0.4, 0.5) is 0 Å². The molecule has 2 rings (SSSR count). The summed E-state index contributed by atoms with van der Waals surface area (Å²) in [5, 5.41) is 0. The Labute approximate surface area is 170 Å². The zero-order valence-electron chi connectivity index (χ0n) is 16.1. The van der Waals surface area contributed by atoms with E-state index in [2.05, 4.69) is 24.4 Å². The number of aromatic nitrogens is 4. The Morgan fingerprint density at radius 2 is 1.60 bits per heavy atom. The summed E-state index contributed by atoms with van der Waals surface area (Å²) in [5.41, 5.74) is 0.999. The van der Waals surface area contributed by atoms with Crippen molar-refractivity contribution in [2.24, 2.45) is 0 Å². The van der Waals surface area contributed by atoms with Crippen LogP contribution in [0.5, 0.6) is 0 Å². The Kier molecular flexibility index (Phi) is 8.17. The predicted octanol–water partition coefficient (Wildman–Crippen LogP) is -0.260. The number of carbonyl (C=O) groups excluding carboxylic acids is 4. The number of ether oxygens (including phenoxy) is 4. The van der Waals surface area contributed by atoms with E-state index in [1.54, 1.807) is 4.57 Å². The molecule has 0 aliphatic carbocycles. The third kappa shape index (κ3) is 6.82. The van der Waals surface area contributed by atoms with Crippen LogP contribution in [0, 0.1) is 0 Å². The van der Waals surface area contributed by atoms with Crippen LogP contribution >= 0.6 is 0 Å². The van der Waals surface area contributed by atoms with Crippen LogP contribution in [0.25, 0.3) is 11.2 Å². The fourth-order valence-corrected chi connectivity index (χ4v) is 2.13. The maximum Gasteiger partial charge on any atom is 0.331 e. The largest absolute Gasteiger partial charge is 0.466 e. The van der Waals surface area contributed by atoms with Gasteiger partial charge in [0.1, 0.15) is 18.5 Å². The summed E-state index contributed by atoms with van der Waals surface area (Å²) in [5.74, 6) is -3.16. The highest BCUT2D eigenvalue weighted by Gasteiger charge is 2.18. The molecule has 0 radical (unpaired) electrons. The van der Waals surface area contributed by atoms with Crippen LogP contribution in [0.3, 0.4) is 0 Å². The predicted molar refractivity (Wildman–Crippen MR) is 98.5 cm³/mol. The second-order valence-electron chi connectivity index (χ2n) is 5.53. The second-order valence-corrected chi connectivity index (χ2v) is 5.53. The molecule has 0 aliphatic rings. The van der Waals surface area contributed by atoms with Gasteiger partial charge >= 0.3 is 23.9 Å². The standard InChI is InChI=1S/C18H18N4O8/c1-27-14(23)3-5-16(25)29-9-12(30-17(26)6-4-15(24)28-2)8-22-11-21-13-7-19-10-20-18(13)22/h3-7,10-12H,8-9H2,1-2H3/b5-3+,6-4+. The third-order valence-electron chi connectivity index (χ3n) is 3.49.